The van der Waals surface area contributed by atoms with E-state index < -0.39 is 0 Å². The minimum absolute atomic E-state index is 0.0582. The van der Waals surface area contributed by atoms with Gasteiger partial charge in [-0.25, -0.2) is 4.98 Å². The smallest absolute Gasteiger partial charge is 0.227 e. The summed E-state index contributed by atoms with van der Waals surface area (Å²) in [6, 6.07) is 9.47. The zero-order valence-electron chi connectivity index (χ0n) is 15.5. The molecule has 1 fully saturated rings. The third-order valence-electron chi connectivity index (χ3n) is 4.66. The molecule has 0 unspecified atom stereocenters. The highest BCUT2D eigenvalue weighted by Crippen LogP contribution is 2.18. The largest absolute Gasteiger partial charge is 0.357 e. The second-order valence-electron chi connectivity index (χ2n) is 6.72. The van der Waals surface area contributed by atoms with E-state index in [0.29, 0.717) is 30.4 Å². The molecular formula is C20H22N6O2. The Bertz CT molecular complexity index is 921. The first-order chi connectivity index (χ1) is 13.8. The van der Waals surface area contributed by atoms with Crippen molar-refractivity contribution >= 4 is 11.7 Å². The SMILES string of the molecule is O=C(CCc1nc(-c2ccccn2)no1)NCc1ccnc(N2CCCC2)c1. The average Bonchev–Trinajstić information content (AvgIpc) is 3.44. The van der Waals surface area contributed by atoms with Gasteiger partial charge in [-0.05, 0) is 42.7 Å². The topological polar surface area (TPSA) is 97.0 Å². The maximum atomic E-state index is 12.2. The second kappa shape index (κ2) is 8.60. The van der Waals surface area contributed by atoms with Gasteiger partial charge in [0.15, 0.2) is 0 Å². The summed E-state index contributed by atoms with van der Waals surface area (Å²) in [5, 5.41) is 6.85. The Morgan fingerprint density at radius 3 is 2.86 bits per heavy atom. The van der Waals surface area contributed by atoms with Gasteiger partial charge in [0.1, 0.15) is 11.5 Å². The van der Waals surface area contributed by atoms with Crippen molar-refractivity contribution in [3.8, 4) is 11.5 Å². The molecular weight excluding hydrogens is 356 g/mol. The van der Waals surface area contributed by atoms with Crippen molar-refractivity contribution in [2.75, 3.05) is 18.0 Å². The molecule has 144 valence electrons. The number of pyridine rings is 2. The number of amides is 1. The van der Waals surface area contributed by atoms with Crippen molar-refractivity contribution in [1.82, 2.24) is 25.4 Å². The standard InChI is InChI=1S/C20H22N6O2/c27-18(6-7-19-24-20(25-28-19)16-5-1-2-9-21-16)23-14-15-8-10-22-17(13-15)26-11-3-4-12-26/h1-2,5,8-10,13H,3-4,6-7,11-12,14H2,(H,23,27). The monoisotopic (exact) mass is 378 g/mol. The molecule has 4 heterocycles. The molecule has 0 radical (unpaired) electrons. The Morgan fingerprint density at radius 2 is 2.04 bits per heavy atom. The predicted molar refractivity (Wildman–Crippen MR) is 103 cm³/mol. The van der Waals surface area contributed by atoms with E-state index in [1.807, 2.05) is 30.3 Å². The van der Waals surface area contributed by atoms with Crippen molar-refractivity contribution in [2.24, 2.45) is 0 Å². The van der Waals surface area contributed by atoms with Crippen LogP contribution >= 0.6 is 0 Å². The fraction of sp³-hybridized carbons (Fsp3) is 0.350. The van der Waals surface area contributed by atoms with Crippen molar-refractivity contribution in [3.05, 3.63) is 54.2 Å². The highest BCUT2D eigenvalue weighted by atomic mass is 16.5. The van der Waals surface area contributed by atoms with Gasteiger partial charge in [-0.15, -0.1) is 0 Å². The van der Waals surface area contributed by atoms with Crippen LogP contribution in [0.15, 0.2) is 47.2 Å². The van der Waals surface area contributed by atoms with Gasteiger partial charge in [-0.3, -0.25) is 9.78 Å². The molecule has 0 aliphatic carbocycles. The maximum Gasteiger partial charge on any atom is 0.227 e. The summed E-state index contributed by atoms with van der Waals surface area (Å²) >= 11 is 0. The Morgan fingerprint density at radius 1 is 1.14 bits per heavy atom. The third-order valence-corrected chi connectivity index (χ3v) is 4.66. The van der Waals surface area contributed by atoms with E-state index in [2.05, 4.69) is 30.3 Å². The Balaban J connectivity index is 1.26. The first-order valence-corrected chi connectivity index (χ1v) is 9.48. The number of aromatic nitrogens is 4. The van der Waals surface area contributed by atoms with Crippen LogP contribution < -0.4 is 10.2 Å². The second-order valence-corrected chi connectivity index (χ2v) is 6.72. The Kier molecular flexibility index (Phi) is 5.56. The number of carbonyl (C=O) groups is 1. The van der Waals surface area contributed by atoms with Gasteiger partial charge < -0.3 is 14.7 Å². The van der Waals surface area contributed by atoms with E-state index in [-0.39, 0.29) is 12.3 Å². The molecule has 1 aliphatic heterocycles. The van der Waals surface area contributed by atoms with Crippen LogP contribution in [0.4, 0.5) is 5.82 Å². The van der Waals surface area contributed by atoms with Gasteiger partial charge >= 0.3 is 0 Å². The number of nitrogens with zero attached hydrogens (tertiary/aromatic N) is 5. The van der Waals surface area contributed by atoms with E-state index in [9.17, 15) is 4.79 Å². The van der Waals surface area contributed by atoms with Crippen LogP contribution in [0.3, 0.4) is 0 Å². The van der Waals surface area contributed by atoms with Gasteiger partial charge in [0.05, 0.1) is 0 Å². The number of nitrogens with one attached hydrogen (secondary N) is 1. The normalized spacial score (nSPS) is 13.6. The highest BCUT2D eigenvalue weighted by molar-refractivity contribution is 5.76. The van der Waals surface area contributed by atoms with Crippen LogP contribution in [-0.2, 0) is 17.8 Å². The van der Waals surface area contributed by atoms with Gasteiger partial charge in [-0.1, -0.05) is 11.2 Å². The first kappa shape index (κ1) is 18.1. The van der Waals surface area contributed by atoms with E-state index in [1.165, 1.54) is 12.8 Å². The van der Waals surface area contributed by atoms with E-state index >= 15 is 0 Å². The zero-order chi connectivity index (χ0) is 19.2. The minimum Gasteiger partial charge on any atom is -0.357 e. The Labute approximate surface area is 163 Å². The summed E-state index contributed by atoms with van der Waals surface area (Å²) in [6.07, 6.45) is 6.56. The molecule has 1 amide bonds. The fourth-order valence-corrected chi connectivity index (χ4v) is 3.15. The third kappa shape index (κ3) is 4.51. The zero-order valence-corrected chi connectivity index (χ0v) is 15.5. The molecule has 8 nitrogen and oxygen atoms in total. The van der Waals surface area contributed by atoms with E-state index in [4.69, 9.17) is 4.52 Å². The summed E-state index contributed by atoms with van der Waals surface area (Å²) < 4.78 is 5.21. The molecule has 28 heavy (non-hydrogen) atoms. The predicted octanol–water partition coefficient (Wildman–Crippen LogP) is 2.38. The maximum absolute atomic E-state index is 12.2. The van der Waals surface area contributed by atoms with Crippen molar-refractivity contribution in [3.63, 3.8) is 0 Å². The molecule has 4 rings (SSSR count). The van der Waals surface area contributed by atoms with Gasteiger partial charge in [0.25, 0.3) is 0 Å². The van der Waals surface area contributed by atoms with Crippen LogP contribution in [0.1, 0.15) is 30.7 Å². The van der Waals surface area contributed by atoms with Crippen LogP contribution in [-0.4, -0.2) is 39.1 Å². The van der Waals surface area contributed by atoms with Crippen LogP contribution in [0, 0.1) is 0 Å². The van der Waals surface area contributed by atoms with Gasteiger partial charge in [0, 0.05) is 44.9 Å². The molecule has 0 atom stereocenters. The molecule has 1 aliphatic rings. The summed E-state index contributed by atoms with van der Waals surface area (Å²) in [7, 11) is 0. The Hall–Kier alpha value is -3.29. The number of anilines is 1. The summed E-state index contributed by atoms with van der Waals surface area (Å²) in [5.74, 6) is 1.78. The summed E-state index contributed by atoms with van der Waals surface area (Å²) in [6.45, 7) is 2.58. The fourth-order valence-electron chi connectivity index (χ4n) is 3.15. The lowest BCUT2D eigenvalue weighted by Gasteiger charge is -2.16. The van der Waals surface area contributed by atoms with Crippen LogP contribution in [0.2, 0.25) is 0 Å². The molecule has 1 N–H and O–H groups in total. The van der Waals surface area contributed by atoms with Crippen LogP contribution in [0.25, 0.3) is 11.5 Å². The molecule has 0 aromatic carbocycles. The number of carbonyl (C=O) groups excluding carboxylic acids is 1. The molecule has 0 spiro atoms. The lowest BCUT2D eigenvalue weighted by Crippen LogP contribution is -2.24. The van der Waals surface area contributed by atoms with Gasteiger partial charge in [0.2, 0.25) is 17.6 Å². The lowest BCUT2D eigenvalue weighted by molar-refractivity contribution is -0.121. The van der Waals surface area contributed by atoms with Gasteiger partial charge in [-0.2, -0.15) is 4.98 Å². The van der Waals surface area contributed by atoms with Crippen molar-refractivity contribution < 1.29 is 9.32 Å². The van der Waals surface area contributed by atoms with Crippen LogP contribution in [0.5, 0.6) is 0 Å². The summed E-state index contributed by atoms with van der Waals surface area (Å²) in [5.41, 5.74) is 1.69. The van der Waals surface area contributed by atoms with Crippen molar-refractivity contribution in [2.45, 2.75) is 32.2 Å². The molecule has 3 aromatic heterocycles. The highest BCUT2D eigenvalue weighted by Gasteiger charge is 2.14. The first-order valence-electron chi connectivity index (χ1n) is 9.48. The quantitative estimate of drug-likeness (QED) is 0.674. The molecule has 0 saturated carbocycles. The minimum atomic E-state index is -0.0582. The average molecular weight is 378 g/mol. The molecule has 0 bridgehead atoms. The van der Waals surface area contributed by atoms with Crippen molar-refractivity contribution in [1.29, 1.82) is 0 Å². The number of aryl methyl sites for hydroxylation is 1. The molecule has 1 saturated heterocycles. The van der Waals surface area contributed by atoms with E-state index in [1.54, 1.807) is 12.4 Å². The number of rotatable bonds is 7. The van der Waals surface area contributed by atoms with E-state index in [0.717, 1.165) is 24.5 Å². The molecule has 8 heteroatoms. The number of hydrogen-bond donors (Lipinski definition) is 1. The number of hydrogen-bond acceptors (Lipinski definition) is 7. The molecule has 3 aromatic rings. The summed E-state index contributed by atoms with van der Waals surface area (Å²) in [4.78, 5) is 27.4. The lowest BCUT2D eigenvalue weighted by atomic mass is 10.2.